The quantitative estimate of drug-likeness (QED) is 0.468. The van der Waals surface area contributed by atoms with Crippen molar-refractivity contribution in [3.63, 3.8) is 0 Å². The zero-order valence-corrected chi connectivity index (χ0v) is 21.0. The van der Waals surface area contributed by atoms with Crippen molar-refractivity contribution < 1.29 is 24.1 Å². The van der Waals surface area contributed by atoms with Gasteiger partial charge in [-0.2, -0.15) is 5.26 Å². The van der Waals surface area contributed by atoms with Crippen LogP contribution in [0.4, 0.5) is 10.3 Å². The van der Waals surface area contributed by atoms with Gasteiger partial charge in [-0.15, -0.1) is 0 Å². The fraction of sp³-hybridized carbons (Fsp3) is 0.480. The van der Waals surface area contributed by atoms with E-state index in [2.05, 4.69) is 21.4 Å². The lowest BCUT2D eigenvalue weighted by molar-refractivity contribution is -0.123. The molecule has 4 atom stereocenters. The minimum absolute atomic E-state index is 0.0942. The van der Waals surface area contributed by atoms with E-state index in [-0.39, 0.29) is 33.7 Å². The zero-order valence-electron chi connectivity index (χ0n) is 20.3. The molecule has 2 saturated heterocycles. The second-order valence-corrected chi connectivity index (χ2v) is 10.4. The SMILES string of the molecule is CC(C)n1c(C(C)(C)O)c(C#N)c2c(F)cc(-c3nc(NC4C[C@H]5OC[C@H](O5)[C@H]4O)ncc3Cl)cc21. The van der Waals surface area contributed by atoms with Crippen LogP contribution >= 0.6 is 11.6 Å². The zero-order chi connectivity index (χ0) is 25.9. The number of ether oxygens (including phenoxy) is 2. The Bertz CT molecular complexity index is 1380. The molecule has 36 heavy (non-hydrogen) atoms. The van der Waals surface area contributed by atoms with Crippen molar-refractivity contribution in [2.24, 2.45) is 0 Å². The molecule has 3 N–H and O–H groups in total. The van der Waals surface area contributed by atoms with Crippen molar-refractivity contribution in [1.82, 2.24) is 14.5 Å². The lowest BCUT2D eigenvalue weighted by Crippen LogP contribution is -2.48. The standard InChI is InChI=1S/C25H27ClFN5O4/c1-11(2)32-17-6-12(5-15(27)20(17)13(8-28)23(32)25(3,4)34)21-14(26)9-29-24(31-21)30-16-7-19-35-10-18(36-19)22(16)33/h5-6,9,11,16,18-19,22,33-34H,7,10H2,1-4H3,(H,29,30,31)/t16?,18-,19-,22-/m0/s1. The van der Waals surface area contributed by atoms with Gasteiger partial charge in [-0.05, 0) is 39.8 Å². The molecule has 2 aliphatic heterocycles. The van der Waals surface area contributed by atoms with Crippen LogP contribution in [0.1, 0.15) is 51.4 Å². The summed E-state index contributed by atoms with van der Waals surface area (Å²) in [5, 5.41) is 34.7. The molecule has 2 aromatic heterocycles. The summed E-state index contributed by atoms with van der Waals surface area (Å²) in [7, 11) is 0. The van der Waals surface area contributed by atoms with Gasteiger partial charge in [0.2, 0.25) is 5.95 Å². The van der Waals surface area contributed by atoms with Crippen molar-refractivity contribution in [2.75, 3.05) is 11.9 Å². The molecule has 0 spiro atoms. The van der Waals surface area contributed by atoms with Crippen LogP contribution in [0.15, 0.2) is 18.3 Å². The maximum atomic E-state index is 15.6. The smallest absolute Gasteiger partial charge is 0.223 e. The third-order valence-corrected chi connectivity index (χ3v) is 6.89. The second-order valence-electron chi connectivity index (χ2n) is 10.0. The number of benzene rings is 1. The monoisotopic (exact) mass is 515 g/mol. The minimum Gasteiger partial charge on any atom is -0.388 e. The van der Waals surface area contributed by atoms with Crippen LogP contribution in [0.25, 0.3) is 22.2 Å². The van der Waals surface area contributed by atoms with E-state index in [4.69, 9.17) is 21.1 Å². The molecule has 11 heteroatoms. The molecule has 2 fully saturated rings. The number of aromatic nitrogens is 3. The Morgan fingerprint density at radius 1 is 1.36 bits per heavy atom. The van der Waals surface area contributed by atoms with Gasteiger partial charge in [-0.3, -0.25) is 0 Å². The van der Waals surface area contributed by atoms with Crippen LogP contribution in [0, 0.1) is 17.1 Å². The number of fused-ring (bicyclic) bond motifs is 3. The predicted octanol–water partition coefficient (Wildman–Crippen LogP) is 3.86. The number of aliphatic hydroxyl groups is 2. The molecule has 0 aliphatic carbocycles. The average molecular weight is 516 g/mol. The van der Waals surface area contributed by atoms with Gasteiger partial charge in [0.1, 0.15) is 29.7 Å². The fourth-order valence-electron chi connectivity index (χ4n) is 5.11. The Hall–Kier alpha value is -2.81. The Kier molecular flexibility index (Phi) is 6.17. The summed E-state index contributed by atoms with van der Waals surface area (Å²) in [5.41, 5.74) is 0.182. The Morgan fingerprint density at radius 3 is 2.78 bits per heavy atom. The van der Waals surface area contributed by atoms with Crippen LogP contribution in [-0.2, 0) is 15.1 Å². The maximum absolute atomic E-state index is 15.6. The van der Waals surface area contributed by atoms with Crippen LogP contribution in [-0.4, -0.2) is 55.9 Å². The van der Waals surface area contributed by atoms with Crippen LogP contribution in [0.5, 0.6) is 0 Å². The van der Waals surface area contributed by atoms with Crippen molar-refractivity contribution in [2.45, 2.75) is 70.3 Å². The molecule has 0 saturated carbocycles. The number of rotatable bonds is 5. The Labute approximate surface area is 212 Å². The van der Waals surface area contributed by atoms with Gasteiger partial charge < -0.3 is 29.6 Å². The molecule has 5 rings (SSSR count). The summed E-state index contributed by atoms with van der Waals surface area (Å²) in [6, 6.07) is 4.50. The van der Waals surface area contributed by atoms with Crippen LogP contribution < -0.4 is 5.32 Å². The molecule has 1 aromatic carbocycles. The van der Waals surface area contributed by atoms with Crippen molar-refractivity contribution in [3.8, 4) is 17.3 Å². The first-order valence-electron chi connectivity index (χ1n) is 11.7. The summed E-state index contributed by atoms with van der Waals surface area (Å²) in [6.07, 6.45) is 0.197. The second kappa shape index (κ2) is 8.94. The molecule has 4 heterocycles. The van der Waals surface area contributed by atoms with Crippen LogP contribution in [0.2, 0.25) is 5.02 Å². The van der Waals surface area contributed by atoms with Gasteiger partial charge >= 0.3 is 0 Å². The summed E-state index contributed by atoms with van der Waals surface area (Å²) in [6.45, 7) is 7.26. The van der Waals surface area contributed by atoms with Gasteiger partial charge in [0.15, 0.2) is 6.29 Å². The maximum Gasteiger partial charge on any atom is 0.223 e. The Balaban J connectivity index is 1.61. The minimum atomic E-state index is -1.38. The number of nitrogens with zero attached hydrogens (tertiary/aromatic N) is 4. The number of hydrogen-bond acceptors (Lipinski definition) is 8. The van der Waals surface area contributed by atoms with Crippen molar-refractivity contribution >= 4 is 28.5 Å². The molecule has 0 amide bonds. The lowest BCUT2D eigenvalue weighted by atomic mass is 9.99. The molecule has 2 aliphatic rings. The van der Waals surface area contributed by atoms with Gasteiger partial charge in [-0.1, -0.05) is 11.6 Å². The van der Waals surface area contributed by atoms with E-state index in [1.165, 1.54) is 12.3 Å². The van der Waals surface area contributed by atoms with E-state index < -0.39 is 36.0 Å². The van der Waals surface area contributed by atoms with E-state index in [9.17, 15) is 15.5 Å². The van der Waals surface area contributed by atoms with E-state index in [0.717, 1.165) is 0 Å². The van der Waals surface area contributed by atoms with E-state index >= 15 is 4.39 Å². The number of nitrogens with one attached hydrogen (secondary N) is 1. The summed E-state index contributed by atoms with van der Waals surface area (Å²) < 4.78 is 28.4. The average Bonchev–Trinajstić information content (AvgIpc) is 3.38. The van der Waals surface area contributed by atoms with E-state index in [0.29, 0.717) is 29.8 Å². The van der Waals surface area contributed by atoms with Gasteiger partial charge in [0, 0.05) is 18.0 Å². The predicted molar refractivity (Wildman–Crippen MR) is 131 cm³/mol. The first-order chi connectivity index (χ1) is 17.0. The Morgan fingerprint density at radius 2 is 2.11 bits per heavy atom. The first-order valence-corrected chi connectivity index (χ1v) is 12.1. The highest BCUT2D eigenvalue weighted by molar-refractivity contribution is 6.33. The molecule has 9 nitrogen and oxygen atoms in total. The van der Waals surface area contributed by atoms with Gasteiger partial charge in [-0.25, -0.2) is 14.4 Å². The molecule has 1 unspecified atom stereocenters. The highest BCUT2D eigenvalue weighted by atomic mass is 35.5. The van der Waals surface area contributed by atoms with Gasteiger partial charge in [0.05, 0.1) is 51.7 Å². The molecular weight excluding hydrogens is 489 g/mol. The van der Waals surface area contributed by atoms with E-state index in [1.54, 1.807) is 24.5 Å². The normalized spacial score (nSPS) is 23.9. The molecule has 0 radical (unpaired) electrons. The van der Waals surface area contributed by atoms with Crippen molar-refractivity contribution in [1.29, 1.82) is 5.26 Å². The molecular formula is C25H27ClFN5O4. The number of halogens is 2. The van der Waals surface area contributed by atoms with Gasteiger partial charge in [0.25, 0.3) is 0 Å². The van der Waals surface area contributed by atoms with E-state index in [1.807, 2.05) is 13.8 Å². The summed E-state index contributed by atoms with van der Waals surface area (Å²) in [5.74, 6) is -0.406. The number of nitriles is 1. The number of hydrogen-bond donors (Lipinski definition) is 3. The molecule has 3 aromatic rings. The largest absolute Gasteiger partial charge is 0.388 e. The fourth-order valence-corrected chi connectivity index (χ4v) is 5.31. The summed E-state index contributed by atoms with van der Waals surface area (Å²) in [4.78, 5) is 8.76. The van der Waals surface area contributed by atoms with Crippen molar-refractivity contribution in [3.05, 3.63) is 40.4 Å². The topological polar surface area (TPSA) is 125 Å². The molecule has 190 valence electrons. The summed E-state index contributed by atoms with van der Waals surface area (Å²) >= 11 is 6.44. The molecule has 2 bridgehead atoms. The number of anilines is 1. The highest BCUT2D eigenvalue weighted by Crippen LogP contribution is 2.40. The third kappa shape index (κ3) is 4.11. The third-order valence-electron chi connectivity index (χ3n) is 6.61. The number of aliphatic hydroxyl groups excluding tert-OH is 1. The van der Waals surface area contributed by atoms with Crippen LogP contribution in [0.3, 0.4) is 0 Å². The first kappa shape index (κ1) is 24.9. The lowest BCUT2D eigenvalue weighted by Gasteiger charge is -2.32. The highest BCUT2D eigenvalue weighted by Gasteiger charge is 2.43.